The first kappa shape index (κ1) is 12.8. The van der Waals surface area contributed by atoms with Crippen LogP contribution in [0, 0.1) is 0 Å². The highest BCUT2D eigenvalue weighted by Crippen LogP contribution is 2.21. The van der Waals surface area contributed by atoms with E-state index < -0.39 is 10.0 Å². The molecule has 0 aliphatic carbocycles. The zero-order valence-corrected chi connectivity index (χ0v) is 10.9. The molecule has 0 atom stereocenters. The third kappa shape index (κ3) is 2.77. The van der Waals surface area contributed by atoms with Crippen LogP contribution in [0.2, 0.25) is 0 Å². The SMILES string of the molecule is CC(C)NS(=O)(=O)c1cc(-c2ccccc2)no1. The normalized spacial score (nSPS) is 11.9. The van der Waals surface area contributed by atoms with Crippen molar-refractivity contribution in [3.63, 3.8) is 0 Å². The Kier molecular flexibility index (Phi) is 3.49. The smallest absolute Gasteiger partial charge is 0.277 e. The molecular weight excluding hydrogens is 252 g/mol. The predicted octanol–water partition coefficient (Wildman–Crippen LogP) is 2.03. The molecule has 0 saturated carbocycles. The summed E-state index contributed by atoms with van der Waals surface area (Å²) in [5.74, 6) is 0. The van der Waals surface area contributed by atoms with Crippen LogP contribution in [0.1, 0.15) is 13.8 Å². The van der Waals surface area contributed by atoms with Gasteiger partial charge < -0.3 is 4.52 Å². The van der Waals surface area contributed by atoms with Crippen LogP contribution >= 0.6 is 0 Å². The summed E-state index contributed by atoms with van der Waals surface area (Å²) in [6.45, 7) is 3.48. The van der Waals surface area contributed by atoms with E-state index in [2.05, 4.69) is 9.88 Å². The third-order valence-corrected chi connectivity index (χ3v) is 3.72. The fraction of sp³-hybridized carbons (Fsp3) is 0.250. The van der Waals surface area contributed by atoms with Crippen LogP contribution < -0.4 is 4.72 Å². The van der Waals surface area contributed by atoms with E-state index in [0.717, 1.165) is 5.56 Å². The highest BCUT2D eigenvalue weighted by atomic mass is 32.2. The highest BCUT2D eigenvalue weighted by Gasteiger charge is 2.21. The van der Waals surface area contributed by atoms with Gasteiger partial charge in [-0.1, -0.05) is 35.5 Å². The summed E-state index contributed by atoms with van der Waals surface area (Å²) >= 11 is 0. The van der Waals surface area contributed by atoms with Crippen LogP contribution in [-0.2, 0) is 10.0 Å². The summed E-state index contributed by atoms with van der Waals surface area (Å²) < 4.78 is 31.0. The minimum atomic E-state index is -3.63. The van der Waals surface area contributed by atoms with Crippen LogP contribution in [0.4, 0.5) is 0 Å². The van der Waals surface area contributed by atoms with Crippen molar-refractivity contribution in [1.29, 1.82) is 0 Å². The summed E-state index contributed by atoms with van der Waals surface area (Å²) in [6.07, 6.45) is 0. The maximum absolute atomic E-state index is 11.8. The van der Waals surface area contributed by atoms with Gasteiger partial charge in [0.15, 0.2) is 0 Å². The molecule has 1 aromatic heterocycles. The summed E-state index contributed by atoms with van der Waals surface area (Å²) in [4.78, 5) is 0. The monoisotopic (exact) mass is 266 g/mol. The van der Waals surface area contributed by atoms with E-state index in [9.17, 15) is 8.42 Å². The van der Waals surface area contributed by atoms with Crippen molar-refractivity contribution in [2.45, 2.75) is 25.0 Å². The minimum Gasteiger partial charge on any atom is -0.343 e. The molecule has 1 N–H and O–H groups in total. The first-order chi connectivity index (χ1) is 8.49. The van der Waals surface area contributed by atoms with Crippen molar-refractivity contribution in [1.82, 2.24) is 9.88 Å². The Balaban J connectivity index is 2.32. The van der Waals surface area contributed by atoms with Crippen LogP contribution in [-0.4, -0.2) is 19.6 Å². The van der Waals surface area contributed by atoms with Gasteiger partial charge in [0.05, 0.1) is 0 Å². The second-order valence-corrected chi connectivity index (χ2v) is 5.82. The van der Waals surface area contributed by atoms with E-state index in [0.29, 0.717) is 5.69 Å². The van der Waals surface area contributed by atoms with E-state index in [-0.39, 0.29) is 11.1 Å². The molecule has 0 bridgehead atoms. The molecule has 0 radical (unpaired) electrons. The van der Waals surface area contributed by atoms with Crippen molar-refractivity contribution in [3.8, 4) is 11.3 Å². The number of rotatable bonds is 4. The van der Waals surface area contributed by atoms with E-state index in [1.54, 1.807) is 13.8 Å². The van der Waals surface area contributed by atoms with Gasteiger partial charge in [-0.25, -0.2) is 13.1 Å². The van der Waals surface area contributed by atoms with E-state index >= 15 is 0 Å². The average Bonchev–Trinajstić information content (AvgIpc) is 2.78. The molecule has 0 aliphatic heterocycles. The first-order valence-corrected chi connectivity index (χ1v) is 7.02. The van der Waals surface area contributed by atoms with Gasteiger partial charge in [-0.2, -0.15) is 0 Å². The number of hydrogen-bond acceptors (Lipinski definition) is 4. The number of nitrogens with one attached hydrogen (secondary N) is 1. The Morgan fingerprint density at radius 3 is 2.50 bits per heavy atom. The molecule has 0 saturated heterocycles. The molecular formula is C12H14N2O3S. The molecule has 0 spiro atoms. The largest absolute Gasteiger partial charge is 0.343 e. The standard InChI is InChI=1S/C12H14N2O3S/c1-9(2)14-18(15,16)12-8-11(13-17-12)10-6-4-3-5-7-10/h3-9,14H,1-2H3. The maximum Gasteiger partial charge on any atom is 0.277 e. The van der Waals surface area contributed by atoms with Crippen LogP contribution in [0.15, 0.2) is 46.0 Å². The summed E-state index contributed by atoms with van der Waals surface area (Å²) in [7, 11) is -3.63. The average molecular weight is 266 g/mol. The lowest BCUT2D eigenvalue weighted by Gasteiger charge is -2.05. The minimum absolute atomic E-state index is 0.171. The van der Waals surface area contributed by atoms with Crippen molar-refractivity contribution in [2.75, 3.05) is 0 Å². The Labute approximate surface area is 106 Å². The van der Waals surface area contributed by atoms with E-state index in [1.807, 2.05) is 30.3 Å². The zero-order chi connectivity index (χ0) is 13.2. The molecule has 18 heavy (non-hydrogen) atoms. The topological polar surface area (TPSA) is 72.2 Å². The summed E-state index contributed by atoms with van der Waals surface area (Å²) in [5, 5.41) is 3.59. The van der Waals surface area contributed by atoms with Gasteiger partial charge in [-0.3, -0.25) is 0 Å². The third-order valence-electron chi connectivity index (χ3n) is 2.21. The van der Waals surface area contributed by atoms with Gasteiger partial charge in [0.2, 0.25) is 0 Å². The van der Waals surface area contributed by atoms with Crippen LogP contribution in [0.3, 0.4) is 0 Å². The Morgan fingerprint density at radius 1 is 1.22 bits per heavy atom. The first-order valence-electron chi connectivity index (χ1n) is 5.53. The number of nitrogens with zero attached hydrogens (tertiary/aromatic N) is 1. The number of benzene rings is 1. The van der Waals surface area contributed by atoms with Crippen molar-refractivity contribution in [3.05, 3.63) is 36.4 Å². The molecule has 96 valence electrons. The predicted molar refractivity (Wildman–Crippen MR) is 67.4 cm³/mol. The second kappa shape index (κ2) is 4.91. The molecule has 0 fully saturated rings. The van der Waals surface area contributed by atoms with Gasteiger partial charge in [0, 0.05) is 17.7 Å². The Morgan fingerprint density at radius 2 is 1.89 bits per heavy atom. The van der Waals surface area contributed by atoms with Gasteiger partial charge in [-0.05, 0) is 13.8 Å². The van der Waals surface area contributed by atoms with Crippen LogP contribution in [0.5, 0.6) is 0 Å². The second-order valence-electron chi connectivity index (χ2n) is 4.17. The number of aromatic nitrogens is 1. The quantitative estimate of drug-likeness (QED) is 0.919. The fourth-order valence-corrected chi connectivity index (χ4v) is 2.64. The summed E-state index contributed by atoms with van der Waals surface area (Å²) in [5.41, 5.74) is 1.31. The van der Waals surface area contributed by atoms with E-state index in [4.69, 9.17) is 4.52 Å². The summed E-state index contributed by atoms with van der Waals surface area (Å²) in [6, 6.07) is 10.5. The Hall–Kier alpha value is -1.66. The van der Waals surface area contributed by atoms with Crippen molar-refractivity contribution < 1.29 is 12.9 Å². The molecule has 5 nitrogen and oxygen atoms in total. The maximum atomic E-state index is 11.8. The molecule has 1 heterocycles. The highest BCUT2D eigenvalue weighted by molar-refractivity contribution is 7.89. The van der Waals surface area contributed by atoms with E-state index in [1.165, 1.54) is 6.07 Å². The van der Waals surface area contributed by atoms with Gasteiger partial charge in [0.1, 0.15) is 5.69 Å². The molecule has 6 heteroatoms. The molecule has 0 amide bonds. The van der Waals surface area contributed by atoms with Gasteiger partial charge in [0.25, 0.3) is 15.1 Å². The zero-order valence-electron chi connectivity index (χ0n) is 10.1. The van der Waals surface area contributed by atoms with Crippen molar-refractivity contribution in [2.24, 2.45) is 0 Å². The molecule has 0 aliphatic rings. The molecule has 2 aromatic rings. The fourth-order valence-electron chi connectivity index (χ4n) is 1.50. The molecule has 1 aromatic carbocycles. The lowest BCUT2D eigenvalue weighted by Crippen LogP contribution is -2.29. The Bertz CT molecular complexity index is 618. The lowest BCUT2D eigenvalue weighted by molar-refractivity contribution is 0.338. The molecule has 2 rings (SSSR count). The number of sulfonamides is 1. The van der Waals surface area contributed by atoms with Crippen molar-refractivity contribution >= 4 is 10.0 Å². The van der Waals surface area contributed by atoms with Gasteiger partial charge >= 0.3 is 0 Å². The lowest BCUT2D eigenvalue weighted by atomic mass is 10.2. The van der Waals surface area contributed by atoms with Crippen LogP contribution in [0.25, 0.3) is 11.3 Å². The number of hydrogen-bond donors (Lipinski definition) is 1. The van der Waals surface area contributed by atoms with Gasteiger partial charge in [-0.15, -0.1) is 0 Å². The molecule has 0 unspecified atom stereocenters.